The van der Waals surface area contributed by atoms with Crippen LogP contribution < -0.4 is 16.0 Å². The second-order valence-electron chi connectivity index (χ2n) is 5.71. The van der Waals surface area contributed by atoms with Crippen LogP contribution in [0.4, 0.5) is 5.69 Å². The average molecular weight is 344 g/mol. The molecule has 3 N–H and O–H groups in total. The second-order valence-corrected chi connectivity index (χ2v) is 6.85. The van der Waals surface area contributed by atoms with E-state index in [-0.39, 0.29) is 12.5 Å². The van der Waals surface area contributed by atoms with Gasteiger partial charge in [-0.2, -0.15) is 11.8 Å². The molecular formula is C18H24N4OS. The first-order valence-electron chi connectivity index (χ1n) is 8.01. The molecule has 0 heterocycles. The molecule has 5 nitrogen and oxygen atoms in total. The van der Waals surface area contributed by atoms with Gasteiger partial charge in [-0.1, -0.05) is 12.0 Å². The molecule has 1 amide bonds. The maximum Gasteiger partial charge on any atom is 0.243 e. The van der Waals surface area contributed by atoms with Gasteiger partial charge in [-0.25, -0.2) is 0 Å². The first-order valence-corrected chi connectivity index (χ1v) is 9.30. The Kier molecular flexibility index (Phi) is 7.01. The number of amides is 1. The third-order valence-corrected chi connectivity index (χ3v) is 5.11. The number of benzene rings is 1. The quantitative estimate of drug-likeness (QED) is 0.435. The summed E-state index contributed by atoms with van der Waals surface area (Å²) in [6, 6.07) is 7.65. The predicted octanol–water partition coefficient (Wildman–Crippen LogP) is 2.06. The van der Waals surface area contributed by atoms with Gasteiger partial charge in [0, 0.05) is 29.6 Å². The van der Waals surface area contributed by atoms with Crippen molar-refractivity contribution >= 4 is 29.3 Å². The number of nitrogens with one attached hydrogen (secondary N) is 3. The van der Waals surface area contributed by atoms with Crippen LogP contribution >= 0.6 is 11.8 Å². The molecule has 1 saturated carbocycles. The Hall–Kier alpha value is -2.13. The minimum absolute atomic E-state index is 0.138. The van der Waals surface area contributed by atoms with E-state index in [9.17, 15) is 4.79 Å². The molecule has 0 spiro atoms. The number of hydrogen-bond donors (Lipinski definition) is 3. The van der Waals surface area contributed by atoms with Gasteiger partial charge in [-0.05, 0) is 43.7 Å². The van der Waals surface area contributed by atoms with Gasteiger partial charge in [-0.15, -0.1) is 6.42 Å². The lowest BCUT2D eigenvalue weighted by Crippen LogP contribution is -2.45. The van der Waals surface area contributed by atoms with Crippen molar-refractivity contribution < 1.29 is 4.79 Å². The topological polar surface area (TPSA) is 65.5 Å². The van der Waals surface area contributed by atoms with E-state index in [1.807, 2.05) is 30.0 Å². The summed E-state index contributed by atoms with van der Waals surface area (Å²) < 4.78 is 0. The number of thioether (sulfide) groups is 1. The van der Waals surface area contributed by atoms with Crippen molar-refractivity contribution in [2.24, 2.45) is 4.99 Å². The molecule has 0 aromatic heterocycles. The maximum absolute atomic E-state index is 12.1. The van der Waals surface area contributed by atoms with Crippen LogP contribution in [0.5, 0.6) is 0 Å². The van der Waals surface area contributed by atoms with Crippen LogP contribution in [0.3, 0.4) is 0 Å². The number of carbonyl (C=O) groups is 1. The summed E-state index contributed by atoms with van der Waals surface area (Å²) in [7, 11) is 1.71. The summed E-state index contributed by atoms with van der Waals surface area (Å²) in [5, 5.41) is 9.98. The van der Waals surface area contributed by atoms with E-state index in [1.54, 1.807) is 13.1 Å². The molecule has 1 aromatic rings. The maximum atomic E-state index is 12.1. The minimum atomic E-state index is -0.138. The van der Waals surface area contributed by atoms with Crippen molar-refractivity contribution in [3.63, 3.8) is 0 Å². The number of aliphatic imine (C=N–C) groups is 1. The van der Waals surface area contributed by atoms with Gasteiger partial charge in [-0.3, -0.25) is 9.79 Å². The molecule has 24 heavy (non-hydrogen) atoms. The van der Waals surface area contributed by atoms with Crippen molar-refractivity contribution in [2.45, 2.75) is 30.6 Å². The molecule has 1 aromatic carbocycles. The van der Waals surface area contributed by atoms with Crippen molar-refractivity contribution in [1.29, 1.82) is 0 Å². The van der Waals surface area contributed by atoms with Crippen LogP contribution in [-0.2, 0) is 4.79 Å². The van der Waals surface area contributed by atoms with Gasteiger partial charge in [0.1, 0.15) is 0 Å². The number of guanidine groups is 1. The van der Waals surface area contributed by atoms with Crippen LogP contribution in [0.1, 0.15) is 24.8 Å². The highest BCUT2D eigenvalue weighted by Crippen LogP contribution is 2.27. The zero-order valence-corrected chi connectivity index (χ0v) is 15.0. The molecule has 1 aliphatic rings. The molecule has 2 rings (SSSR count). The van der Waals surface area contributed by atoms with Gasteiger partial charge < -0.3 is 16.0 Å². The monoisotopic (exact) mass is 344 g/mol. The molecular weight excluding hydrogens is 320 g/mol. The molecule has 1 fully saturated rings. The smallest absolute Gasteiger partial charge is 0.243 e. The van der Waals surface area contributed by atoms with E-state index in [1.165, 1.54) is 6.42 Å². The number of terminal acetylenes is 1. The fourth-order valence-corrected chi connectivity index (χ4v) is 3.53. The Morgan fingerprint density at radius 2 is 2.29 bits per heavy atom. The molecule has 1 aliphatic carbocycles. The Morgan fingerprint density at radius 3 is 2.96 bits per heavy atom. The fraction of sp³-hybridized carbons (Fsp3) is 0.444. The third-order valence-electron chi connectivity index (χ3n) is 4.01. The molecule has 128 valence electrons. The third kappa shape index (κ3) is 5.50. The van der Waals surface area contributed by atoms with Gasteiger partial charge in [0.25, 0.3) is 0 Å². The first-order chi connectivity index (χ1) is 11.6. The van der Waals surface area contributed by atoms with E-state index in [0.717, 1.165) is 18.4 Å². The second kappa shape index (κ2) is 9.24. The number of nitrogens with zero attached hydrogens (tertiary/aromatic N) is 1. The zero-order valence-electron chi connectivity index (χ0n) is 14.1. The van der Waals surface area contributed by atoms with Gasteiger partial charge in [0.15, 0.2) is 5.96 Å². The van der Waals surface area contributed by atoms with E-state index in [2.05, 4.69) is 33.1 Å². The molecule has 2 atom stereocenters. The molecule has 0 bridgehead atoms. The molecule has 0 radical (unpaired) electrons. The van der Waals surface area contributed by atoms with E-state index in [4.69, 9.17) is 6.42 Å². The van der Waals surface area contributed by atoms with Gasteiger partial charge in [0.05, 0.1) is 6.54 Å². The summed E-state index contributed by atoms with van der Waals surface area (Å²) in [6.45, 7) is 0.151. The normalized spacial score (nSPS) is 20.3. The molecule has 0 aliphatic heterocycles. The predicted molar refractivity (Wildman–Crippen MR) is 102 cm³/mol. The Bertz CT molecular complexity index is 638. The first kappa shape index (κ1) is 18.2. The van der Waals surface area contributed by atoms with Crippen LogP contribution in [0.15, 0.2) is 29.3 Å². The van der Waals surface area contributed by atoms with Gasteiger partial charge in [0.2, 0.25) is 5.91 Å². The summed E-state index contributed by atoms with van der Waals surface area (Å²) in [5.41, 5.74) is 1.43. The SMILES string of the molecule is C#Cc1cccc(NC(=O)CNC(=NC)NC2CCC(SC)C2)c1. The number of hydrogen-bond acceptors (Lipinski definition) is 3. The minimum Gasteiger partial charge on any atom is -0.354 e. The lowest BCUT2D eigenvalue weighted by Gasteiger charge is -2.17. The van der Waals surface area contributed by atoms with E-state index < -0.39 is 0 Å². The van der Waals surface area contributed by atoms with Crippen molar-refractivity contribution in [2.75, 3.05) is 25.2 Å². The molecule has 6 heteroatoms. The van der Waals surface area contributed by atoms with E-state index in [0.29, 0.717) is 22.9 Å². The summed E-state index contributed by atoms with van der Waals surface area (Å²) in [5.74, 6) is 3.07. The Balaban J connectivity index is 1.78. The summed E-state index contributed by atoms with van der Waals surface area (Å²) >= 11 is 1.91. The van der Waals surface area contributed by atoms with Crippen LogP contribution in [0.25, 0.3) is 0 Å². The van der Waals surface area contributed by atoms with Crippen LogP contribution in [0.2, 0.25) is 0 Å². The zero-order chi connectivity index (χ0) is 17.4. The standard InChI is InChI=1S/C18H24N4OS/c1-4-13-6-5-7-14(10-13)21-17(23)12-20-18(19-2)22-15-8-9-16(11-15)24-3/h1,5-7,10,15-16H,8-9,11-12H2,2-3H3,(H,21,23)(H2,19,20,22). The molecule has 0 saturated heterocycles. The van der Waals surface area contributed by atoms with Crippen molar-refractivity contribution in [3.05, 3.63) is 29.8 Å². The highest BCUT2D eigenvalue weighted by molar-refractivity contribution is 7.99. The largest absolute Gasteiger partial charge is 0.354 e. The van der Waals surface area contributed by atoms with Gasteiger partial charge >= 0.3 is 0 Å². The molecule has 2 unspecified atom stereocenters. The summed E-state index contributed by atoms with van der Waals surface area (Å²) in [6.07, 6.45) is 11.0. The van der Waals surface area contributed by atoms with Crippen molar-refractivity contribution in [3.8, 4) is 12.3 Å². The lowest BCUT2D eigenvalue weighted by molar-refractivity contribution is -0.115. The average Bonchev–Trinajstić information content (AvgIpc) is 3.06. The van der Waals surface area contributed by atoms with Crippen LogP contribution in [0, 0.1) is 12.3 Å². The summed E-state index contributed by atoms with van der Waals surface area (Å²) in [4.78, 5) is 16.2. The number of anilines is 1. The highest BCUT2D eigenvalue weighted by Gasteiger charge is 2.24. The van der Waals surface area contributed by atoms with Crippen LogP contribution in [-0.4, -0.2) is 43.0 Å². The Labute approximate surface area is 148 Å². The number of rotatable bonds is 5. The Morgan fingerprint density at radius 1 is 1.46 bits per heavy atom. The fourth-order valence-electron chi connectivity index (χ4n) is 2.73. The van der Waals surface area contributed by atoms with Crippen molar-refractivity contribution in [1.82, 2.24) is 10.6 Å². The number of carbonyl (C=O) groups excluding carboxylic acids is 1. The van der Waals surface area contributed by atoms with E-state index >= 15 is 0 Å². The lowest BCUT2D eigenvalue weighted by atomic mass is 10.2. The highest BCUT2D eigenvalue weighted by atomic mass is 32.2.